The molecule has 4 aromatic rings. The SMILES string of the molecule is COc1cccc(-c2cc(C(=O)N3CCN(C(=O)Nc4cccc(C)c4)CC3)c(C)n2-c2ccccc2)c1. The van der Waals surface area contributed by atoms with Crippen LogP contribution in [0.2, 0.25) is 0 Å². The van der Waals surface area contributed by atoms with Gasteiger partial charge in [-0.25, -0.2) is 4.79 Å². The highest BCUT2D eigenvalue weighted by Gasteiger charge is 2.28. The lowest BCUT2D eigenvalue weighted by atomic mass is 10.1. The summed E-state index contributed by atoms with van der Waals surface area (Å²) in [4.78, 5) is 30.1. The van der Waals surface area contributed by atoms with Crippen molar-refractivity contribution in [3.05, 3.63) is 102 Å². The number of hydrogen-bond acceptors (Lipinski definition) is 3. The largest absolute Gasteiger partial charge is 0.497 e. The number of urea groups is 1. The molecule has 194 valence electrons. The lowest BCUT2D eigenvalue weighted by Gasteiger charge is -2.34. The van der Waals surface area contributed by atoms with Gasteiger partial charge in [0.05, 0.1) is 18.4 Å². The van der Waals surface area contributed by atoms with Crippen LogP contribution in [-0.2, 0) is 0 Å². The van der Waals surface area contributed by atoms with E-state index in [2.05, 4.69) is 9.88 Å². The summed E-state index contributed by atoms with van der Waals surface area (Å²) in [5.41, 5.74) is 6.27. The molecule has 1 saturated heterocycles. The van der Waals surface area contributed by atoms with Gasteiger partial charge in [-0.1, -0.05) is 42.5 Å². The third-order valence-electron chi connectivity index (χ3n) is 6.98. The monoisotopic (exact) mass is 508 g/mol. The van der Waals surface area contributed by atoms with Gasteiger partial charge in [-0.05, 0) is 61.9 Å². The number of piperazine rings is 1. The fourth-order valence-electron chi connectivity index (χ4n) is 4.94. The number of amides is 3. The molecule has 1 aliphatic rings. The first kappa shape index (κ1) is 25.1. The fraction of sp³-hybridized carbons (Fsp3) is 0.226. The number of aromatic nitrogens is 1. The Morgan fingerprint density at radius 3 is 2.21 bits per heavy atom. The van der Waals surface area contributed by atoms with E-state index in [9.17, 15) is 9.59 Å². The standard InChI is InChI=1S/C31H32N4O3/c1-22-9-7-11-25(19-22)32-31(37)34-17-15-33(16-18-34)30(36)28-21-29(24-10-8-14-27(20-24)38-3)35(23(28)2)26-12-5-4-6-13-26/h4-14,19-21H,15-18H2,1-3H3,(H,32,37). The van der Waals surface area contributed by atoms with Crippen LogP contribution in [-0.4, -0.2) is 59.6 Å². The topological polar surface area (TPSA) is 66.8 Å². The number of nitrogens with zero attached hydrogens (tertiary/aromatic N) is 3. The zero-order valence-electron chi connectivity index (χ0n) is 22.0. The number of anilines is 1. The van der Waals surface area contributed by atoms with Crippen molar-refractivity contribution in [1.82, 2.24) is 14.4 Å². The summed E-state index contributed by atoms with van der Waals surface area (Å²) >= 11 is 0. The minimum absolute atomic E-state index is 0.0277. The minimum atomic E-state index is -0.144. The van der Waals surface area contributed by atoms with Gasteiger partial charge in [-0.15, -0.1) is 0 Å². The maximum Gasteiger partial charge on any atom is 0.321 e. The number of carbonyl (C=O) groups excluding carboxylic acids is 2. The Balaban J connectivity index is 1.37. The molecule has 0 unspecified atom stereocenters. The molecule has 7 nitrogen and oxygen atoms in total. The van der Waals surface area contributed by atoms with Crippen LogP contribution < -0.4 is 10.1 Å². The summed E-state index contributed by atoms with van der Waals surface area (Å²) in [5, 5.41) is 2.96. The van der Waals surface area contributed by atoms with E-state index in [4.69, 9.17) is 4.74 Å². The molecule has 7 heteroatoms. The van der Waals surface area contributed by atoms with Crippen LogP contribution in [0.5, 0.6) is 5.75 Å². The van der Waals surface area contributed by atoms with E-state index >= 15 is 0 Å². The first-order valence-corrected chi connectivity index (χ1v) is 12.8. The van der Waals surface area contributed by atoms with Crippen LogP contribution in [0.4, 0.5) is 10.5 Å². The van der Waals surface area contributed by atoms with Gasteiger partial charge in [0.2, 0.25) is 0 Å². The second-order valence-corrected chi connectivity index (χ2v) is 9.51. The highest BCUT2D eigenvalue weighted by atomic mass is 16.5. The second-order valence-electron chi connectivity index (χ2n) is 9.51. The molecular weight excluding hydrogens is 476 g/mol. The molecule has 0 saturated carbocycles. The van der Waals surface area contributed by atoms with Crippen LogP contribution in [0.1, 0.15) is 21.6 Å². The van der Waals surface area contributed by atoms with Gasteiger partial charge in [-0.2, -0.15) is 0 Å². The lowest BCUT2D eigenvalue weighted by molar-refractivity contribution is 0.0671. The normalized spacial score (nSPS) is 13.3. The fourth-order valence-corrected chi connectivity index (χ4v) is 4.94. The highest BCUT2D eigenvalue weighted by molar-refractivity contribution is 5.98. The molecule has 1 fully saturated rings. The summed E-state index contributed by atoms with van der Waals surface area (Å²) in [5.74, 6) is 0.731. The zero-order valence-corrected chi connectivity index (χ0v) is 22.0. The summed E-state index contributed by atoms with van der Waals surface area (Å²) in [6.45, 7) is 5.88. The van der Waals surface area contributed by atoms with Gasteiger partial charge < -0.3 is 24.4 Å². The summed E-state index contributed by atoms with van der Waals surface area (Å²) in [7, 11) is 1.65. The quantitative estimate of drug-likeness (QED) is 0.373. The molecule has 3 amide bonds. The number of rotatable bonds is 5. The third kappa shape index (κ3) is 5.13. The molecule has 3 aromatic carbocycles. The Labute approximate surface area is 223 Å². The first-order chi connectivity index (χ1) is 18.4. The Kier molecular flexibility index (Phi) is 7.18. The first-order valence-electron chi connectivity index (χ1n) is 12.8. The summed E-state index contributed by atoms with van der Waals surface area (Å²) in [6, 6.07) is 27.5. The maximum absolute atomic E-state index is 13.7. The predicted molar refractivity (Wildman–Crippen MR) is 150 cm³/mol. The number of ether oxygens (including phenoxy) is 1. The van der Waals surface area contributed by atoms with E-state index in [1.165, 1.54) is 0 Å². The van der Waals surface area contributed by atoms with Crippen LogP contribution >= 0.6 is 0 Å². The van der Waals surface area contributed by atoms with Crippen molar-refractivity contribution in [2.75, 3.05) is 38.6 Å². The molecule has 0 radical (unpaired) electrons. The van der Waals surface area contributed by atoms with Gasteiger partial charge in [0.15, 0.2) is 0 Å². The van der Waals surface area contributed by atoms with Crippen LogP contribution in [0.15, 0.2) is 84.9 Å². The Morgan fingerprint density at radius 2 is 1.50 bits per heavy atom. The van der Waals surface area contributed by atoms with Gasteiger partial charge in [0, 0.05) is 48.8 Å². The lowest BCUT2D eigenvalue weighted by Crippen LogP contribution is -2.51. The number of benzene rings is 3. The van der Waals surface area contributed by atoms with Gasteiger partial charge in [0.1, 0.15) is 5.75 Å². The predicted octanol–water partition coefficient (Wildman–Crippen LogP) is 5.76. The van der Waals surface area contributed by atoms with Crippen molar-refractivity contribution in [3.63, 3.8) is 0 Å². The van der Waals surface area contributed by atoms with E-state index in [1.807, 2.05) is 104 Å². The van der Waals surface area contributed by atoms with E-state index in [0.29, 0.717) is 31.7 Å². The van der Waals surface area contributed by atoms with Gasteiger partial charge >= 0.3 is 6.03 Å². The van der Waals surface area contributed by atoms with Gasteiger partial charge in [-0.3, -0.25) is 4.79 Å². The molecule has 0 spiro atoms. The average Bonchev–Trinajstić information content (AvgIpc) is 3.30. The molecular formula is C31H32N4O3. The number of nitrogens with one attached hydrogen (secondary N) is 1. The third-order valence-corrected chi connectivity index (χ3v) is 6.98. The number of carbonyl (C=O) groups is 2. The molecule has 1 N–H and O–H groups in total. The van der Waals surface area contributed by atoms with E-state index in [0.717, 1.165) is 39.6 Å². The molecule has 2 heterocycles. The molecule has 0 bridgehead atoms. The molecule has 38 heavy (non-hydrogen) atoms. The van der Waals surface area contributed by atoms with Gasteiger partial charge in [0.25, 0.3) is 5.91 Å². The number of para-hydroxylation sites is 1. The van der Waals surface area contributed by atoms with Crippen molar-refractivity contribution >= 4 is 17.6 Å². The Morgan fingerprint density at radius 1 is 0.789 bits per heavy atom. The Bertz CT molecular complexity index is 1450. The number of hydrogen-bond donors (Lipinski definition) is 1. The van der Waals surface area contributed by atoms with Crippen molar-refractivity contribution in [2.45, 2.75) is 13.8 Å². The van der Waals surface area contributed by atoms with Crippen LogP contribution in [0.3, 0.4) is 0 Å². The second kappa shape index (κ2) is 10.8. The maximum atomic E-state index is 13.7. The van der Waals surface area contributed by atoms with Crippen molar-refractivity contribution in [3.8, 4) is 22.7 Å². The smallest absolute Gasteiger partial charge is 0.321 e. The average molecular weight is 509 g/mol. The van der Waals surface area contributed by atoms with Crippen molar-refractivity contribution in [1.29, 1.82) is 0 Å². The minimum Gasteiger partial charge on any atom is -0.497 e. The molecule has 1 aliphatic heterocycles. The van der Waals surface area contributed by atoms with Crippen molar-refractivity contribution in [2.24, 2.45) is 0 Å². The number of methoxy groups -OCH3 is 1. The van der Waals surface area contributed by atoms with Crippen molar-refractivity contribution < 1.29 is 14.3 Å². The molecule has 0 atom stereocenters. The highest BCUT2D eigenvalue weighted by Crippen LogP contribution is 2.32. The summed E-state index contributed by atoms with van der Waals surface area (Å²) < 4.78 is 7.57. The Hall–Kier alpha value is -4.52. The summed E-state index contributed by atoms with van der Waals surface area (Å²) in [6.07, 6.45) is 0. The molecule has 5 rings (SSSR count). The van der Waals surface area contributed by atoms with Crippen LogP contribution in [0.25, 0.3) is 16.9 Å². The van der Waals surface area contributed by atoms with E-state index in [1.54, 1.807) is 12.0 Å². The molecule has 1 aromatic heterocycles. The van der Waals surface area contributed by atoms with Crippen LogP contribution in [0, 0.1) is 13.8 Å². The number of aryl methyl sites for hydroxylation is 1. The molecule has 0 aliphatic carbocycles. The zero-order chi connectivity index (χ0) is 26.6. The van der Waals surface area contributed by atoms with E-state index < -0.39 is 0 Å². The van der Waals surface area contributed by atoms with E-state index in [-0.39, 0.29) is 11.9 Å².